The van der Waals surface area contributed by atoms with Gasteiger partial charge in [-0.3, -0.25) is 10.0 Å². The molecular formula is C17H12ClN5O3. The predicted octanol–water partition coefficient (Wildman–Crippen LogP) is 2.75. The number of carbonyl (C=O) groups is 1. The van der Waals surface area contributed by atoms with Gasteiger partial charge in [0.2, 0.25) is 0 Å². The molecule has 0 aliphatic carbocycles. The Morgan fingerprint density at radius 1 is 1.19 bits per heavy atom. The highest BCUT2D eigenvalue weighted by molar-refractivity contribution is 6.30. The van der Waals surface area contributed by atoms with E-state index >= 15 is 0 Å². The smallest absolute Gasteiger partial charge is 0.328 e. The molecule has 0 bridgehead atoms. The van der Waals surface area contributed by atoms with Crippen LogP contribution in [0.15, 0.2) is 53.2 Å². The maximum atomic E-state index is 11.4. The van der Waals surface area contributed by atoms with E-state index in [1.807, 2.05) is 40.9 Å². The van der Waals surface area contributed by atoms with Gasteiger partial charge in [0.05, 0.1) is 17.8 Å². The molecule has 0 aliphatic heterocycles. The van der Waals surface area contributed by atoms with Gasteiger partial charge in [-0.25, -0.2) is 10.5 Å². The molecule has 26 heavy (non-hydrogen) atoms. The average molecular weight is 370 g/mol. The van der Waals surface area contributed by atoms with Crippen LogP contribution in [-0.2, 0) is 6.42 Å². The van der Waals surface area contributed by atoms with Crippen molar-refractivity contribution < 1.29 is 14.5 Å². The average Bonchev–Trinajstić information content (AvgIpc) is 3.27. The summed E-state index contributed by atoms with van der Waals surface area (Å²) in [7, 11) is 0. The zero-order chi connectivity index (χ0) is 18.1. The van der Waals surface area contributed by atoms with Crippen molar-refractivity contribution in [2.24, 2.45) is 0 Å². The third kappa shape index (κ3) is 2.92. The molecule has 1 aromatic carbocycles. The van der Waals surface area contributed by atoms with Gasteiger partial charge in [0.1, 0.15) is 5.65 Å². The summed E-state index contributed by atoms with van der Waals surface area (Å²) >= 11 is 5.98. The summed E-state index contributed by atoms with van der Waals surface area (Å²) in [5, 5.41) is 13.1. The van der Waals surface area contributed by atoms with E-state index in [4.69, 9.17) is 21.3 Å². The Morgan fingerprint density at radius 3 is 2.77 bits per heavy atom. The molecule has 0 saturated carbocycles. The number of fused-ring (bicyclic) bond motifs is 1. The first-order valence-electron chi connectivity index (χ1n) is 7.64. The summed E-state index contributed by atoms with van der Waals surface area (Å²) in [5.74, 6) is -0.881. The lowest BCUT2D eigenvalue weighted by atomic mass is 10.1. The second-order valence-corrected chi connectivity index (χ2v) is 5.91. The molecule has 8 nitrogen and oxygen atoms in total. The fourth-order valence-corrected chi connectivity index (χ4v) is 2.80. The van der Waals surface area contributed by atoms with Gasteiger partial charge in [0.15, 0.2) is 5.82 Å². The van der Waals surface area contributed by atoms with E-state index < -0.39 is 5.91 Å². The number of nitrogens with one attached hydrogen (secondary N) is 1. The van der Waals surface area contributed by atoms with E-state index in [1.165, 1.54) is 5.48 Å². The molecule has 0 aliphatic rings. The molecule has 3 aromatic heterocycles. The number of nitrogens with zero attached hydrogens (tertiary/aromatic N) is 4. The second kappa shape index (κ2) is 6.58. The lowest BCUT2D eigenvalue weighted by Gasteiger charge is -2.03. The van der Waals surface area contributed by atoms with Gasteiger partial charge in [0.25, 0.3) is 0 Å². The number of hydroxylamine groups is 1. The van der Waals surface area contributed by atoms with Crippen molar-refractivity contribution in [2.75, 3.05) is 0 Å². The molecule has 0 fully saturated rings. The van der Waals surface area contributed by atoms with Crippen molar-refractivity contribution >= 4 is 23.2 Å². The van der Waals surface area contributed by atoms with Crippen LogP contribution in [0, 0.1) is 0 Å². The molecule has 0 unspecified atom stereocenters. The highest BCUT2D eigenvalue weighted by atomic mass is 35.5. The molecule has 0 spiro atoms. The van der Waals surface area contributed by atoms with Crippen molar-refractivity contribution in [1.82, 2.24) is 25.0 Å². The lowest BCUT2D eigenvalue weighted by molar-refractivity contribution is 0.0659. The van der Waals surface area contributed by atoms with Crippen LogP contribution in [0.3, 0.4) is 0 Å². The first kappa shape index (κ1) is 16.2. The first-order valence-corrected chi connectivity index (χ1v) is 8.02. The summed E-state index contributed by atoms with van der Waals surface area (Å²) in [4.78, 5) is 20.1. The molecule has 4 aromatic rings. The summed E-state index contributed by atoms with van der Waals surface area (Å²) in [6, 6.07) is 13.0. The number of amides is 1. The highest BCUT2D eigenvalue weighted by Gasteiger charge is 2.19. The highest BCUT2D eigenvalue weighted by Crippen LogP contribution is 2.27. The topological polar surface area (TPSA) is 106 Å². The molecule has 1 amide bonds. The molecule has 4 rings (SSSR count). The molecule has 9 heteroatoms. The third-order valence-electron chi connectivity index (χ3n) is 3.84. The van der Waals surface area contributed by atoms with Crippen molar-refractivity contribution in [3.8, 4) is 11.3 Å². The maximum Gasteiger partial charge on any atom is 0.333 e. The van der Waals surface area contributed by atoms with Crippen LogP contribution < -0.4 is 5.48 Å². The number of hydrogen-bond donors (Lipinski definition) is 2. The van der Waals surface area contributed by atoms with Crippen LogP contribution in [0.25, 0.3) is 16.9 Å². The minimum absolute atomic E-state index is 0.283. The quantitative estimate of drug-likeness (QED) is 0.423. The normalized spacial score (nSPS) is 11.0. The summed E-state index contributed by atoms with van der Waals surface area (Å²) in [6.45, 7) is 0. The van der Waals surface area contributed by atoms with Crippen LogP contribution in [0.4, 0.5) is 0 Å². The molecule has 0 saturated heterocycles. The molecule has 2 N–H and O–H groups in total. The Morgan fingerprint density at radius 2 is 2.00 bits per heavy atom. The Balaban J connectivity index is 1.80. The van der Waals surface area contributed by atoms with E-state index in [2.05, 4.69) is 15.1 Å². The predicted molar refractivity (Wildman–Crippen MR) is 92.0 cm³/mol. The molecular weight excluding hydrogens is 358 g/mol. The number of hydrogen-bond acceptors (Lipinski definition) is 6. The van der Waals surface area contributed by atoms with Gasteiger partial charge >= 0.3 is 11.8 Å². The van der Waals surface area contributed by atoms with Gasteiger partial charge in [-0.2, -0.15) is 4.98 Å². The standard InChI is InChI=1S/C17H12ClN5O3/c18-11-6-4-10(5-7-11)15-12(23-8-2-1-3-14(23)20-15)9-13-19-17(26-22-13)16(24)21-25/h1-8,25H,9H2,(H,21,24). The molecule has 3 heterocycles. The summed E-state index contributed by atoms with van der Waals surface area (Å²) < 4.78 is 6.78. The lowest BCUT2D eigenvalue weighted by Crippen LogP contribution is -2.18. The van der Waals surface area contributed by atoms with Crippen molar-refractivity contribution in [3.63, 3.8) is 0 Å². The number of pyridine rings is 1. The van der Waals surface area contributed by atoms with Gasteiger partial charge in [-0.1, -0.05) is 35.0 Å². The number of benzene rings is 1. The minimum atomic E-state index is -0.861. The Hall–Kier alpha value is -3.23. The van der Waals surface area contributed by atoms with Crippen LogP contribution in [0.2, 0.25) is 5.02 Å². The number of halogens is 1. The Labute approximate surface area is 152 Å². The Kier molecular flexibility index (Phi) is 4.11. The summed E-state index contributed by atoms with van der Waals surface area (Å²) in [5.41, 5.74) is 4.71. The van der Waals surface area contributed by atoms with E-state index in [0.717, 1.165) is 22.6 Å². The fourth-order valence-electron chi connectivity index (χ4n) is 2.67. The van der Waals surface area contributed by atoms with E-state index in [-0.39, 0.29) is 12.3 Å². The molecule has 0 atom stereocenters. The van der Waals surface area contributed by atoms with E-state index in [0.29, 0.717) is 10.8 Å². The minimum Gasteiger partial charge on any atom is -0.328 e. The number of carbonyl (C=O) groups excluding carboxylic acids is 1. The maximum absolute atomic E-state index is 11.4. The van der Waals surface area contributed by atoms with Crippen molar-refractivity contribution in [2.45, 2.75) is 6.42 Å². The van der Waals surface area contributed by atoms with Crippen LogP contribution >= 0.6 is 11.6 Å². The van der Waals surface area contributed by atoms with Gasteiger partial charge in [-0.15, -0.1) is 0 Å². The molecule has 0 radical (unpaired) electrons. The molecule has 130 valence electrons. The van der Waals surface area contributed by atoms with E-state index in [1.54, 1.807) is 12.1 Å². The van der Waals surface area contributed by atoms with Crippen molar-refractivity contribution in [3.05, 3.63) is 71.1 Å². The second-order valence-electron chi connectivity index (χ2n) is 5.48. The monoisotopic (exact) mass is 369 g/mol. The number of rotatable bonds is 4. The fraction of sp³-hybridized carbons (Fsp3) is 0.0588. The van der Waals surface area contributed by atoms with Gasteiger partial charge < -0.3 is 8.92 Å². The number of aromatic nitrogens is 4. The largest absolute Gasteiger partial charge is 0.333 e. The third-order valence-corrected chi connectivity index (χ3v) is 4.09. The first-order chi connectivity index (χ1) is 12.7. The van der Waals surface area contributed by atoms with Crippen LogP contribution in [-0.4, -0.2) is 30.6 Å². The zero-order valence-electron chi connectivity index (χ0n) is 13.3. The van der Waals surface area contributed by atoms with Gasteiger partial charge in [-0.05, 0) is 24.3 Å². The van der Waals surface area contributed by atoms with Crippen molar-refractivity contribution in [1.29, 1.82) is 0 Å². The SMILES string of the molecule is O=C(NO)c1nc(Cc2c(-c3ccc(Cl)cc3)nc3ccccn23)no1. The van der Waals surface area contributed by atoms with E-state index in [9.17, 15) is 4.79 Å². The Bertz CT molecular complexity index is 1090. The van der Waals surface area contributed by atoms with Crippen LogP contribution in [0.5, 0.6) is 0 Å². The zero-order valence-corrected chi connectivity index (χ0v) is 14.0. The van der Waals surface area contributed by atoms with Gasteiger partial charge in [0, 0.05) is 16.8 Å². The number of imidazole rings is 1. The summed E-state index contributed by atoms with van der Waals surface area (Å²) in [6.07, 6.45) is 2.17. The van der Waals surface area contributed by atoms with Crippen LogP contribution in [0.1, 0.15) is 22.2 Å².